The summed E-state index contributed by atoms with van der Waals surface area (Å²) in [4.78, 5) is 0. The first kappa shape index (κ1) is 8.50. The molecular weight excluding hydrogens is 112 g/mol. The number of rotatable bonds is 3. The smallest absolute Gasteiger partial charge is 0.0459 e. The summed E-state index contributed by atoms with van der Waals surface area (Å²) in [5, 5.41) is 3.06. The van der Waals surface area contributed by atoms with Gasteiger partial charge in [0.1, 0.15) is 0 Å². The lowest BCUT2D eigenvalue weighted by Crippen LogP contribution is -2.50. The molecule has 2 heteroatoms. The molecule has 0 aliphatic rings. The highest BCUT2D eigenvalue weighted by Gasteiger charge is 2.19. The van der Waals surface area contributed by atoms with Crippen molar-refractivity contribution in [1.82, 2.24) is 5.32 Å². The van der Waals surface area contributed by atoms with E-state index >= 15 is 0 Å². The lowest BCUT2D eigenvalue weighted by Gasteiger charge is -2.29. The van der Waals surface area contributed by atoms with Gasteiger partial charge in [0, 0.05) is 11.6 Å². The fraction of sp³-hybridized carbons (Fsp3) is 0.714. The third-order valence-corrected chi connectivity index (χ3v) is 1.61. The van der Waals surface area contributed by atoms with Crippen LogP contribution in [0.4, 0.5) is 0 Å². The predicted octanol–water partition coefficient (Wildman–Crippen LogP) is 0.845. The molecule has 1 unspecified atom stereocenters. The van der Waals surface area contributed by atoms with E-state index in [0.29, 0.717) is 0 Å². The Kier molecular flexibility index (Phi) is 2.71. The van der Waals surface area contributed by atoms with E-state index in [-0.39, 0.29) is 11.6 Å². The van der Waals surface area contributed by atoms with Gasteiger partial charge in [0.15, 0.2) is 0 Å². The van der Waals surface area contributed by atoms with Gasteiger partial charge in [-0.15, -0.1) is 0 Å². The Labute approximate surface area is 57.1 Å². The molecule has 0 aromatic carbocycles. The largest absolute Gasteiger partial charge is 0.385 e. The Morgan fingerprint density at radius 2 is 2.11 bits per heavy atom. The second-order valence-electron chi connectivity index (χ2n) is 2.86. The molecule has 0 spiro atoms. The van der Waals surface area contributed by atoms with E-state index in [1.165, 1.54) is 0 Å². The maximum Gasteiger partial charge on any atom is 0.0459 e. The van der Waals surface area contributed by atoms with Crippen LogP contribution in [0.1, 0.15) is 20.8 Å². The van der Waals surface area contributed by atoms with Gasteiger partial charge in [-0.2, -0.15) is 0 Å². The van der Waals surface area contributed by atoms with E-state index in [4.69, 9.17) is 5.73 Å². The molecule has 0 rings (SSSR count). The summed E-state index contributed by atoms with van der Waals surface area (Å²) < 4.78 is 0. The molecule has 0 saturated carbocycles. The molecule has 0 bridgehead atoms. The Hall–Kier alpha value is -0.500. The molecule has 0 fully saturated rings. The molecule has 1 atom stereocenters. The molecule has 0 radical (unpaired) electrons. The van der Waals surface area contributed by atoms with Crippen LogP contribution in [0.5, 0.6) is 0 Å². The second kappa shape index (κ2) is 2.87. The Balaban J connectivity index is 3.84. The molecule has 2 nitrogen and oxygen atoms in total. The third kappa shape index (κ3) is 2.51. The van der Waals surface area contributed by atoms with Crippen molar-refractivity contribution < 1.29 is 0 Å². The summed E-state index contributed by atoms with van der Waals surface area (Å²) in [7, 11) is 0. The topological polar surface area (TPSA) is 38.0 Å². The summed E-state index contributed by atoms with van der Waals surface area (Å²) in [6, 6.07) is 0.135. The van der Waals surface area contributed by atoms with Crippen molar-refractivity contribution in [3.63, 3.8) is 0 Å². The van der Waals surface area contributed by atoms with Gasteiger partial charge in [0.25, 0.3) is 0 Å². The van der Waals surface area contributed by atoms with Gasteiger partial charge in [0.2, 0.25) is 0 Å². The van der Waals surface area contributed by atoms with Crippen LogP contribution < -0.4 is 11.1 Å². The number of nitrogens with two attached hydrogens (primary N) is 1. The van der Waals surface area contributed by atoms with E-state index < -0.39 is 0 Å². The fourth-order valence-corrected chi connectivity index (χ4v) is 0.394. The van der Waals surface area contributed by atoms with Crippen molar-refractivity contribution in [2.45, 2.75) is 32.4 Å². The molecule has 3 N–H and O–H groups in total. The minimum absolute atomic E-state index is 0.0399. The lowest BCUT2D eigenvalue weighted by atomic mass is 9.97. The van der Waals surface area contributed by atoms with Crippen molar-refractivity contribution >= 4 is 0 Å². The number of nitrogens with one attached hydrogen (secondary N) is 1. The van der Waals surface area contributed by atoms with Crippen LogP contribution in [0.15, 0.2) is 12.8 Å². The normalized spacial score (nSPS) is 14.7. The lowest BCUT2D eigenvalue weighted by molar-refractivity contribution is 0.374. The maximum atomic E-state index is 5.65. The SMILES string of the molecule is C=CNC(C)(C)C(C)N. The zero-order chi connectivity index (χ0) is 7.49. The molecule has 0 amide bonds. The Morgan fingerprint density at radius 1 is 1.67 bits per heavy atom. The third-order valence-electron chi connectivity index (χ3n) is 1.61. The van der Waals surface area contributed by atoms with Gasteiger partial charge >= 0.3 is 0 Å². The van der Waals surface area contributed by atoms with Gasteiger partial charge in [0.05, 0.1) is 0 Å². The number of hydrogen-bond acceptors (Lipinski definition) is 2. The van der Waals surface area contributed by atoms with Crippen LogP contribution in [0.3, 0.4) is 0 Å². The Morgan fingerprint density at radius 3 is 2.22 bits per heavy atom. The minimum atomic E-state index is -0.0399. The molecule has 0 heterocycles. The highest BCUT2D eigenvalue weighted by molar-refractivity contribution is 4.89. The summed E-state index contributed by atoms with van der Waals surface area (Å²) in [6.45, 7) is 9.61. The minimum Gasteiger partial charge on any atom is -0.385 e. The van der Waals surface area contributed by atoms with Crippen molar-refractivity contribution in [3.8, 4) is 0 Å². The molecule has 0 aromatic heterocycles. The van der Waals surface area contributed by atoms with Crippen molar-refractivity contribution in [1.29, 1.82) is 0 Å². The van der Waals surface area contributed by atoms with Gasteiger partial charge in [-0.25, -0.2) is 0 Å². The van der Waals surface area contributed by atoms with Crippen LogP contribution in [-0.4, -0.2) is 11.6 Å². The fourth-order valence-electron chi connectivity index (χ4n) is 0.394. The van der Waals surface area contributed by atoms with E-state index in [1.807, 2.05) is 20.8 Å². The highest BCUT2D eigenvalue weighted by atomic mass is 15.0. The summed E-state index contributed by atoms with van der Waals surface area (Å²) >= 11 is 0. The maximum absolute atomic E-state index is 5.65. The van der Waals surface area contributed by atoms with Crippen molar-refractivity contribution in [3.05, 3.63) is 12.8 Å². The van der Waals surface area contributed by atoms with Crippen LogP contribution in [0, 0.1) is 0 Å². The van der Waals surface area contributed by atoms with Crippen LogP contribution in [0.25, 0.3) is 0 Å². The second-order valence-corrected chi connectivity index (χ2v) is 2.86. The summed E-state index contributed by atoms with van der Waals surface area (Å²) in [5.41, 5.74) is 5.61. The first-order valence-corrected chi connectivity index (χ1v) is 3.15. The van der Waals surface area contributed by atoms with E-state index in [1.54, 1.807) is 6.20 Å². The molecule has 0 aromatic rings. The zero-order valence-corrected chi connectivity index (χ0v) is 6.44. The zero-order valence-electron chi connectivity index (χ0n) is 6.44. The van der Waals surface area contributed by atoms with Crippen LogP contribution >= 0.6 is 0 Å². The standard InChI is InChI=1S/C7H16N2/c1-5-9-7(3,4)6(2)8/h5-6,9H,1,8H2,2-4H3. The molecule has 54 valence electrons. The van der Waals surface area contributed by atoms with Gasteiger partial charge in [-0.05, 0) is 27.0 Å². The molecule has 0 aliphatic carbocycles. The molecular formula is C7H16N2. The first-order chi connectivity index (χ1) is 4.00. The Bertz CT molecular complexity index is 95.1. The van der Waals surface area contributed by atoms with Gasteiger partial charge in [-0.3, -0.25) is 0 Å². The van der Waals surface area contributed by atoms with E-state index in [9.17, 15) is 0 Å². The average Bonchev–Trinajstić information content (AvgIpc) is 1.65. The predicted molar refractivity (Wildman–Crippen MR) is 41.1 cm³/mol. The highest BCUT2D eigenvalue weighted by Crippen LogP contribution is 2.04. The molecule has 0 aliphatic heterocycles. The van der Waals surface area contributed by atoms with Crippen molar-refractivity contribution in [2.75, 3.05) is 0 Å². The van der Waals surface area contributed by atoms with E-state index in [0.717, 1.165) is 0 Å². The van der Waals surface area contributed by atoms with Gasteiger partial charge < -0.3 is 11.1 Å². The van der Waals surface area contributed by atoms with Crippen LogP contribution in [0.2, 0.25) is 0 Å². The van der Waals surface area contributed by atoms with Crippen molar-refractivity contribution in [2.24, 2.45) is 5.73 Å². The average molecular weight is 128 g/mol. The van der Waals surface area contributed by atoms with E-state index in [2.05, 4.69) is 11.9 Å². The summed E-state index contributed by atoms with van der Waals surface area (Å²) in [5.74, 6) is 0. The van der Waals surface area contributed by atoms with Gasteiger partial charge in [-0.1, -0.05) is 6.58 Å². The quantitative estimate of drug-likeness (QED) is 0.591. The summed E-state index contributed by atoms with van der Waals surface area (Å²) in [6.07, 6.45) is 1.67. The number of hydrogen-bond donors (Lipinski definition) is 2. The molecule has 0 saturated heterocycles. The first-order valence-electron chi connectivity index (χ1n) is 3.15. The monoisotopic (exact) mass is 128 g/mol. The van der Waals surface area contributed by atoms with Crippen LogP contribution in [-0.2, 0) is 0 Å². The molecule has 9 heavy (non-hydrogen) atoms.